The van der Waals surface area contributed by atoms with Gasteiger partial charge in [0.1, 0.15) is 12.7 Å². The van der Waals surface area contributed by atoms with E-state index in [2.05, 4.69) is 0 Å². The molecule has 0 aliphatic carbocycles. The van der Waals surface area contributed by atoms with E-state index in [9.17, 15) is 19.1 Å². The number of halogens is 2. The third kappa shape index (κ3) is 3.80. The average Bonchev–Trinajstić information content (AvgIpc) is 2.89. The number of rotatable bonds is 2. The van der Waals surface area contributed by atoms with E-state index in [1.165, 1.54) is 23.0 Å². The lowest BCUT2D eigenvalue weighted by Crippen LogP contribution is -2.58. The highest BCUT2D eigenvalue weighted by Crippen LogP contribution is 2.39. The zero-order valence-corrected chi connectivity index (χ0v) is 19.2. The van der Waals surface area contributed by atoms with Crippen LogP contribution in [0, 0.1) is 11.6 Å². The normalized spacial score (nSPS) is 19.9. The second kappa shape index (κ2) is 9.05. The standard InChI is InChI=1S/C26H25F2N3O4/c1-2-17-9-6-14-35-25-18(10-11-19(27)21(25)28)22(16-7-4-3-5-8-16)31-15-29(17)26(34)23-24(33)20(32)12-13-30(23)31/h3-5,7-8,10-13,17,22,33H,2,6,9,14-15H2,1H3/t17-,22+/m0/s1. The van der Waals surface area contributed by atoms with Gasteiger partial charge in [0, 0.05) is 23.9 Å². The Morgan fingerprint density at radius 1 is 1.09 bits per heavy atom. The summed E-state index contributed by atoms with van der Waals surface area (Å²) in [6.07, 6.45) is 3.10. The van der Waals surface area contributed by atoms with Crippen LogP contribution in [0.5, 0.6) is 11.5 Å². The molecule has 0 unspecified atom stereocenters. The maximum absolute atomic E-state index is 15.1. The maximum Gasteiger partial charge on any atom is 0.278 e. The summed E-state index contributed by atoms with van der Waals surface area (Å²) in [7, 11) is 0. The largest absolute Gasteiger partial charge is 0.502 e. The molecular weight excluding hydrogens is 456 g/mol. The molecule has 35 heavy (non-hydrogen) atoms. The number of carbonyl (C=O) groups excluding carboxylic acids is 1. The number of hydrogen-bond donors (Lipinski definition) is 1. The van der Waals surface area contributed by atoms with E-state index < -0.39 is 34.8 Å². The lowest BCUT2D eigenvalue weighted by Gasteiger charge is -2.46. The Labute approximate surface area is 200 Å². The summed E-state index contributed by atoms with van der Waals surface area (Å²) in [6.45, 7) is 2.20. The van der Waals surface area contributed by atoms with Crippen molar-refractivity contribution in [1.82, 2.24) is 9.58 Å². The summed E-state index contributed by atoms with van der Waals surface area (Å²) in [5.41, 5.74) is 0.266. The van der Waals surface area contributed by atoms with Crippen LogP contribution >= 0.6 is 0 Å². The lowest BCUT2D eigenvalue weighted by molar-refractivity contribution is 0.0568. The van der Waals surface area contributed by atoms with E-state index in [4.69, 9.17) is 4.74 Å². The van der Waals surface area contributed by atoms with Crippen molar-refractivity contribution < 1.29 is 23.4 Å². The van der Waals surface area contributed by atoms with Crippen LogP contribution in [0.15, 0.2) is 59.5 Å². The van der Waals surface area contributed by atoms with Gasteiger partial charge in [-0.2, -0.15) is 4.39 Å². The Morgan fingerprint density at radius 2 is 1.86 bits per heavy atom. The molecule has 0 saturated carbocycles. The second-order valence-electron chi connectivity index (χ2n) is 8.72. The van der Waals surface area contributed by atoms with Gasteiger partial charge in [0.15, 0.2) is 23.0 Å². The molecule has 1 amide bonds. The summed E-state index contributed by atoms with van der Waals surface area (Å²) < 4.78 is 36.6. The Bertz CT molecular complexity index is 1330. The van der Waals surface area contributed by atoms with Crippen LogP contribution in [-0.4, -0.2) is 39.9 Å². The molecule has 9 heteroatoms. The summed E-state index contributed by atoms with van der Waals surface area (Å²) in [6, 6.07) is 11.9. The SMILES string of the molecule is CC[C@H]1CCCOc2c(ccc(F)c2F)[C@@H](c2ccccc2)N2CN1C(=O)c1c(O)c(=O)ccn12. The van der Waals surface area contributed by atoms with Gasteiger partial charge in [-0.25, -0.2) is 4.39 Å². The minimum Gasteiger partial charge on any atom is -0.502 e. The molecule has 2 atom stereocenters. The summed E-state index contributed by atoms with van der Waals surface area (Å²) in [5, 5.41) is 12.4. The first kappa shape index (κ1) is 22.9. The Balaban J connectivity index is 1.82. The van der Waals surface area contributed by atoms with Crippen molar-refractivity contribution in [3.05, 3.63) is 93.4 Å². The first-order valence-corrected chi connectivity index (χ1v) is 11.6. The number of carbonyl (C=O) groups is 1. The molecule has 5 rings (SSSR count). The van der Waals surface area contributed by atoms with E-state index in [0.29, 0.717) is 24.8 Å². The third-order valence-electron chi connectivity index (χ3n) is 6.72. The molecule has 0 saturated heterocycles. The zero-order chi connectivity index (χ0) is 24.7. The molecule has 0 fully saturated rings. The number of benzene rings is 2. The van der Waals surface area contributed by atoms with Crippen molar-refractivity contribution in [2.24, 2.45) is 0 Å². The molecule has 0 radical (unpaired) electrons. The minimum atomic E-state index is -1.08. The van der Waals surface area contributed by atoms with Gasteiger partial charge < -0.3 is 14.7 Å². The van der Waals surface area contributed by atoms with E-state index in [1.54, 1.807) is 9.91 Å². The topological polar surface area (TPSA) is 75.0 Å². The van der Waals surface area contributed by atoms with Crippen molar-refractivity contribution in [3.8, 4) is 11.5 Å². The monoisotopic (exact) mass is 481 g/mol. The Morgan fingerprint density at radius 3 is 2.60 bits per heavy atom. The smallest absolute Gasteiger partial charge is 0.278 e. The van der Waals surface area contributed by atoms with Crippen LogP contribution in [0.3, 0.4) is 0 Å². The third-order valence-corrected chi connectivity index (χ3v) is 6.72. The number of pyridine rings is 1. The van der Waals surface area contributed by atoms with Gasteiger partial charge in [-0.3, -0.25) is 19.3 Å². The molecule has 1 aromatic heterocycles. The zero-order valence-electron chi connectivity index (χ0n) is 19.2. The van der Waals surface area contributed by atoms with Crippen LogP contribution < -0.4 is 15.2 Å². The first-order chi connectivity index (χ1) is 16.9. The minimum absolute atomic E-state index is 0.102. The average molecular weight is 481 g/mol. The van der Waals surface area contributed by atoms with Gasteiger partial charge in [0.05, 0.1) is 6.61 Å². The van der Waals surface area contributed by atoms with Gasteiger partial charge in [-0.1, -0.05) is 37.3 Å². The van der Waals surface area contributed by atoms with Gasteiger partial charge >= 0.3 is 0 Å². The number of amides is 1. The van der Waals surface area contributed by atoms with Crippen LogP contribution in [0.25, 0.3) is 0 Å². The fourth-order valence-electron chi connectivity index (χ4n) is 4.97. The quantitative estimate of drug-likeness (QED) is 0.601. The van der Waals surface area contributed by atoms with Crippen molar-refractivity contribution in [1.29, 1.82) is 0 Å². The van der Waals surface area contributed by atoms with Crippen LogP contribution in [-0.2, 0) is 0 Å². The fraction of sp³-hybridized carbons (Fsp3) is 0.308. The van der Waals surface area contributed by atoms with Gasteiger partial charge in [0.2, 0.25) is 11.2 Å². The van der Waals surface area contributed by atoms with E-state index in [1.807, 2.05) is 37.3 Å². The predicted octanol–water partition coefficient (Wildman–Crippen LogP) is 3.92. The highest BCUT2D eigenvalue weighted by molar-refractivity contribution is 5.96. The highest BCUT2D eigenvalue weighted by atomic mass is 19.2. The summed E-state index contributed by atoms with van der Waals surface area (Å²) in [4.78, 5) is 27.5. The number of aromatic nitrogens is 1. The molecule has 3 heterocycles. The number of ether oxygens (including phenoxy) is 1. The van der Waals surface area contributed by atoms with E-state index in [-0.39, 0.29) is 30.8 Å². The van der Waals surface area contributed by atoms with Crippen molar-refractivity contribution in [2.45, 2.75) is 38.3 Å². The molecular formula is C26H25F2N3O4. The molecule has 7 nitrogen and oxygen atoms in total. The molecule has 2 bridgehead atoms. The Hall–Kier alpha value is -3.88. The molecule has 2 aromatic carbocycles. The number of fused-ring (bicyclic) bond motifs is 5. The number of aromatic hydroxyl groups is 1. The fourth-order valence-corrected chi connectivity index (χ4v) is 4.97. The molecule has 182 valence electrons. The molecule has 0 spiro atoms. The first-order valence-electron chi connectivity index (χ1n) is 11.6. The Kier molecular flexibility index (Phi) is 5.92. The number of hydrogen-bond acceptors (Lipinski definition) is 5. The van der Waals surface area contributed by atoms with Gasteiger partial charge in [-0.05, 0) is 37.0 Å². The van der Waals surface area contributed by atoms with Crippen LogP contribution in [0.1, 0.15) is 53.8 Å². The van der Waals surface area contributed by atoms with Crippen molar-refractivity contribution >= 4 is 5.91 Å². The predicted molar refractivity (Wildman–Crippen MR) is 125 cm³/mol. The number of nitrogens with zero attached hydrogens (tertiary/aromatic N) is 3. The second-order valence-corrected chi connectivity index (χ2v) is 8.72. The van der Waals surface area contributed by atoms with Crippen molar-refractivity contribution in [3.63, 3.8) is 0 Å². The van der Waals surface area contributed by atoms with Crippen molar-refractivity contribution in [2.75, 3.05) is 18.3 Å². The summed E-state index contributed by atoms with van der Waals surface area (Å²) >= 11 is 0. The van der Waals surface area contributed by atoms with Gasteiger partial charge in [0.25, 0.3) is 5.91 Å². The van der Waals surface area contributed by atoms with Crippen LogP contribution in [0.2, 0.25) is 0 Å². The molecule has 3 aromatic rings. The molecule has 1 N–H and O–H groups in total. The van der Waals surface area contributed by atoms with Crippen LogP contribution in [0.4, 0.5) is 8.78 Å². The van der Waals surface area contributed by atoms with E-state index >= 15 is 4.39 Å². The maximum atomic E-state index is 15.1. The molecule has 2 aliphatic heterocycles. The van der Waals surface area contributed by atoms with Gasteiger partial charge in [-0.15, -0.1) is 0 Å². The lowest BCUT2D eigenvalue weighted by atomic mass is 9.96. The molecule has 2 aliphatic rings. The summed E-state index contributed by atoms with van der Waals surface area (Å²) in [5.74, 6) is -3.40. The highest BCUT2D eigenvalue weighted by Gasteiger charge is 2.40. The van der Waals surface area contributed by atoms with E-state index in [0.717, 1.165) is 11.6 Å².